The standard InChI is InChI=1S/C15H14ClFN10O3/c16-14-22-9(18)6-11(24-14)27(3-21-6)15-23-10(19)7-12(25-15)26(2-20-7)13-5(17)8(29)4(1-28)30-13/h2-5,8,13,28-29H,1H2,(H2,18,22,24)(H2,19,23,25)/t4-,5+,8-,13-/m1/s1. The first-order chi connectivity index (χ1) is 14.4. The summed E-state index contributed by atoms with van der Waals surface area (Å²) in [5.41, 5.74) is 12.7. The highest BCUT2D eigenvalue weighted by molar-refractivity contribution is 6.28. The molecule has 6 N–H and O–H groups in total. The van der Waals surface area contributed by atoms with E-state index in [1.807, 2.05) is 0 Å². The lowest BCUT2D eigenvalue weighted by Gasteiger charge is -2.15. The molecular weight excluding hydrogens is 423 g/mol. The summed E-state index contributed by atoms with van der Waals surface area (Å²) in [6, 6.07) is 0. The number of nitrogens with zero attached hydrogens (tertiary/aromatic N) is 8. The normalized spacial score (nSPS) is 24.3. The minimum atomic E-state index is -1.82. The lowest BCUT2D eigenvalue weighted by molar-refractivity contribution is -0.0459. The summed E-state index contributed by atoms with van der Waals surface area (Å²) in [6.45, 7) is -0.546. The Kier molecular flexibility index (Phi) is 4.18. The first kappa shape index (κ1) is 18.8. The molecule has 156 valence electrons. The van der Waals surface area contributed by atoms with Gasteiger partial charge in [0.15, 0.2) is 40.8 Å². The molecule has 4 aromatic heterocycles. The number of hydrogen-bond donors (Lipinski definition) is 4. The average Bonchev–Trinajstić information content (AvgIpc) is 3.39. The van der Waals surface area contributed by atoms with E-state index >= 15 is 0 Å². The summed E-state index contributed by atoms with van der Waals surface area (Å²) in [6.07, 6.45) is -3.04. The highest BCUT2D eigenvalue weighted by atomic mass is 35.5. The number of aromatic nitrogens is 8. The van der Waals surface area contributed by atoms with Crippen molar-refractivity contribution in [3.05, 3.63) is 17.9 Å². The van der Waals surface area contributed by atoms with Crippen LogP contribution in [0.2, 0.25) is 5.28 Å². The fraction of sp³-hybridized carbons (Fsp3) is 0.333. The molecule has 5 heterocycles. The van der Waals surface area contributed by atoms with Gasteiger partial charge in [0.1, 0.15) is 24.1 Å². The Morgan fingerprint density at radius 2 is 1.77 bits per heavy atom. The van der Waals surface area contributed by atoms with Crippen LogP contribution >= 0.6 is 11.6 Å². The van der Waals surface area contributed by atoms with Crippen LogP contribution in [0.25, 0.3) is 28.3 Å². The smallest absolute Gasteiger partial charge is 0.240 e. The highest BCUT2D eigenvalue weighted by Crippen LogP contribution is 2.34. The highest BCUT2D eigenvalue weighted by Gasteiger charge is 2.45. The maximum Gasteiger partial charge on any atom is 0.240 e. The number of rotatable bonds is 3. The van der Waals surface area contributed by atoms with Crippen LogP contribution in [0.15, 0.2) is 12.7 Å². The molecule has 0 amide bonds. The van der Waals surface area contributed by atoms with Gasteiger partial charge in [0.25, 0.3) is 0 Å². The van der Waals surface area contributed by atoms with Crippen molar-refractivity contribution in [2.24, 2.45) is 0 Å². The molecule has 30 heavy (non-hydrogen) atoms. The second-order valence-corrected chi connectivity index (χ2v) is 6.92. The number of imidazole rings is 2. The fourth-order valence-corrected chi connectivity index (χ4v) is 3.51. The number of anilines is 2. The van der Waals surface area contributed by atoms with Crippen molar-refractivity contribution in [2.75, 3.05) is 18.1 Å². The second-order valence-electron chi connectivity index (χ2n) is 6.58. The Hall–Kier alpha value is -3.20. The number of fused-ring (bicyclic) bond motifs is 2. The van der Waals surface area contributed by atoms with Crippen molar-refractivity contribution in [2.45, 2.75) is 24.6 Å². The van der Waals surface area contributed by atoms with Gasteiger partial charge in [0, 0.05) is 0 Å². The maximum atomic E-state index is 14.6. The van der Waals surface area contributed by atoms with E-state index in [-0.39, 0.29) is 45.2 Å². The summed E-state index contributed by atoms with van der Waals surface area (Å²) in [7, 11) is 0. The topological polar surface area (TPSA) is 189 Å². The summed E-state index contributed by atoms with van der Waals surface area (Å²) < 4.78 is 22.7. The van der Waals surface area contributed by atoms with Gasteiger partial charge in [-0.2, -0.15) is 19.9 Å². The number of halogens is 2. The van der Waals surface area contributed by atoms with Crippen molar-refractivity contribution in [3.8, 4) is 5.95 Å². The Morgan fingerprint density at radius 1 is 1.07 bits per heavy atom. The third-order valence-electron chi connectivity index (χ3n) is 4.80. The number of nitrogen functional groups attached to an aromatic ring is 2. The van der Waals surface area contributed by atoms with Crippen LogP contribution in [-0.2, 0) is 4.74 Å². The van der Waals surface area contributed by atoms with Crippen molar-refractivity contribution in [1.82, 2.24) is 39.0 Å². The molecule has 0 unspecified atom stereocenters. The van der Waals surface area contributed by atoms with E-state index < -0.39 is 31.2 Å². The zero-order chi connectivity index (χ0) is 21.2. The first-order valence-electron chi connectivity index (χ1n) is 8.64. The van der Waals surface area contributed by atoms with E-state index in [2.05, 4.69) is 29.9 Å². The van der Waals surface area contributed by atoms with Crippen LogP contribution in [0, 0.1) is 0 Å². The molecule has 0 spiro atoms. The third-order valence-corrected chi connectivity index (χ3v) is 4.96. The summed E-state index contributed by atoms with van der Waals surface area (Å²) in [5.74, 6) is 0.133. The van der Waals surface area contributed by atoms with Crippen molar-refractivity contribution >= 4 is 45.6 Å². The van der Waals surface area contributed by atoms with Crippen LogP contribution in [0.1, 0.15) is 6.23 Å². The van der Waals surface area contributed by atoms with E-state index in [0.717, 1.165) is 0 Å². The van der Waals surface area contributed by atoms with Gasteiger partial charge in [-0.1, -0.05) is 0 Å². The zero-order valence-electron chi connectivity index (χ0n) is 15.0. The monoisotopic (exact) mass is 436 g/mol. The molecule has 4 atom stereocenters. The predicted octanol–water partition coefficient (Wildman–Crippen LogP) is -0.638. The molecule has 0 aliphatic carbocycles. The van der Waals surface area contributed by atoms with Crippen LogP contribution in [0.5, 0.6) is 0 Å². The lowest BCUT2D eigenvalue weighted by Crippen LogP contribution is -2.30. The zero-order valence-corrected chi connectivity index (χ0v) is 15.7. The third kappa shape index (κ3) is 2.65. The molecule has 15 heteroatoms. The Morgan fingerprint density at radius 3 is 2.50 bits per heavy atom. The van der Waals surface area contributed by atoms with E-state index in [0.29, 0.717) is 0 Å². The summed E-state index contributed by atoms with van der Waals surface area (Å²) >= 11 is 5.89. The van der Waals surface area contributed by atoms with Gasteiger partial charge in [-0.25, -0.2) is 14.4 Å². The Bertz CT molecular complexity index is 1280. The molecule has 13 nitrogen and oxygen atoms in total. The van der Waals surface area contributed by atoms with Crippen LogP contribution in [0.3, 0.4) is 0 Å². The lowest BCUT2D eigenvalue weighted by atomic mass is 10.1. The first-order valence-corrected chi connectivity index (χ1v) is 9.01. The molecule has 1 fully saturated rings. The van der Waals surface area contributed by atoms with Gasteiger partial charge < -0.3 is 26.4 Å². The van der Waals surface area contributed by atoms with Crippen LogP contribution < -0.4 is 11.5 Å². The molecule has 0 saturated carbocycles. The number of nitrogens with two attached hydrogens (primary N) is 2. The van der Waals surface area contributed by atoms with Crippen LogP contribution in [0.4, 0.5) is 16.0 Å². The average molecular weight is 437 g/mol. The number of aliphatic hydroxyl groups is 2. The van der Waals surface area contributed by atoms with Gasteiger partial charge in [-0.15, -0.1) is 0 Å². The molecule has 1 aliphatic heterocycles. The quantitative estimate of drug-likeness (QED) is 0.299. The van der Waals surface area contributed by atoms with E-state index in [1.165, 1.54) is 21.8 Å². The van der Waals surface area contributed by atoms with Gasteiger partial charge in [0.05, 0.1) is 12.9 Å². The van der Waals surface area contributed by atoms with E-state index in [1.54, 1.807) is 0 Å². The van der Waals surface area contributed by atoms with Gasteiger partial charge in [-0.05, 0) is 11.6 Å². The maximum absolute atomic E-state index is 14.6. The number of ether oxygens (including phenoxy) is 1. The molecule has 5 rings (SSSR count). The Balaban J connectivity index is 1.67. The Labute approximate surface area is 171 Å². The summed E-state index contributed by atoms with van der Waals surface area (Å²) in [5, 5.41) is 19.1. The molecular formula is C15H14ClFN10O3. The molecule has 1 saturated heterocycles. The number of aliphatic hydroxyl groups excluding tert-OH is 2. The number of alkyl halides is 1. The largest absolute Gasteiger partial charge is 0.394 e. The molecule has 0 radical (unpaired) electrons. The SMILES string of the molecule is Nc1nc(Cl)nc2c1ncn2-c1nc(N)c2ncn([C@@H]3O[C@H](CO)[C@@H](O)[C@@H]3F)c2n1. The minimum absolute atomic E-state index is 0.0105. The van der Waals surface area contributed by atoms with Crippen molar-refractivity contribution in [1.29, 1.82) is 0 Å². The fourth-order valence-electron chi connectivity index (χ4n) is 3.34. The molecule has 0 aromatic carbocycles. The van der Waals surface area contributed by atoms with Gasteiger partial charge in [0.2, 0.25) is 11.2 Å². The van der Waals surface area contributed by atoms with E-state index in [9.17, 15) is 14.6 Å². The van der Waals surface area contributed by atoms with Crippen molar-refractivity contribution < 1.29 is 19.3 Å². The van der Waals surface area contributed by atoms with Gasteiger partial charge in [-0.3, -0.25) is 9.13 Å². The molecule has 1 aliphatic rings. The second kappa shape index (κ2) is 6.66. The van der Waals surface area contributed by atoms with Gasteiger partial charge >= 0.3 is 0 Å². The molecule has 4 aromatic rings. The summed E-state index contributed by atoms with van der Waals surface area (Å²) in [4.78, 5) is 24.8. The predicted molar refractivity (Wildman–Crippen MR) is 101 cm³/mol. The van der Waals surface area contributed by atoms with Crippen molar-refractivity contribution in [3.63, 3.8) is 0 Å². The minimum Gasteiger partial charge on any atom is -0.394 e. The van der Waals surface area contributed by atoms with E-state index in [4.69, 9.17) is 27.8 Å². The van der Waals surface area contributed by atoms with Crippen LogP contribution in [-0.4, -0.2) is 74.2 Å². The molecule has 0 bridgehead atoms. The number of hydrogen-bond acceptors (Lipinski definition) is 11.